The standard InChI is InChI=1S/C17H27NO/c1-13(2)16-8-10-18(12-16)11-9-17(19)15-6-4-14(3)5-7-15/h4-7,13,16-17,19H,8-12H2,1-3H3. The Morgan fingerprint density at radius 1 is 1.26 bits per heavy atom. The molecule has 106 valence electrons. The van der Waals surface area contributed by atoms with Crippen LogP contribution in [0.3, 0.4) is 0 Å². The van der Waals surface area contributed by atoms with Crippen LogP contribution in [0.4, 0.5) is 0 Å². The van der Waals surface area contributed by atoms with Crippen LogP contribution in [0.25, 0.3) is 0 Å². The molecule has 1 fully saturated rings. The second kappa shape index (κ2) is 6.53. The van der Waals surface area contributed by atoms with Crippen molar-refractivity contribution in [1.82, 2.24) is 4.90 Å². The normalized spacial score (nSPS) is 22.1. The molecule has 0 spiro atoms. The number of rotatable bonds is 5. The second-order valence-electron chi connectivity index (χ2n) is 6.31. The van der Waals surface area contributed by atoms with Crippen molar-refractivity contribution in [2.75, 3.05) is 19.6 Å². The minimum atomic E-state index is -0.321. The molecule has 1 aliphatic rings. The molecule has 0 bridgehead atoms. The van der Waals surface area contributed by atoms with Gasteiger partial charge < -0.3 is 10.0 Å². The average molecular weight is 261 g/mol. The van der Waals surface area contributed by atoms with Gasteiger partial charge in [0.05, 0.1) is 6.10 Å². The number of benzene rings is 1. The van der Waals surface area contributed by atoms with Gasteiger partial charge in [-0.25, -0.2) is 0 Å². The molecule has 1 heterocycles. The summed E-state index contributed by atoms with van der Waals surface area (Å²) in [5, 5.41) is 10.2. The van der Waals surface area contributed by atoms with Crippen molar-refractivity contribution in [3.8, 4) is 0 Å². The number of aliphatic hydroxyl groups excluding tert-OH is 1. The van der Waals surface area contributed by atoms with Crippen LogP contribution in [0.1, 0.15) is 43.9 Å². The van der Waals surface area contributed by atoms with Gasteiger partial charge in [-0.05, 0) is 43.7 Å². The molecule has 1 N–H and O–H groups in total. The van der Waals surface area contributed by atoms with E-state index in [4.69, 9.17) is 0 Å². The highest BCUT2D eigenvalue weighted by atomic mass is 16.3. The van der Waals surface area contributed by atoms with E-state index in [2.05, 4.69) is 37.8 Å². The third kappa shape index (κ3) is 4.05. The zero-order chi connectivity index (χ0) is 13.8. The lowest BCUT2D eigenvalue weighted by atomic mass is 9.95. The molecular weight excluding hydrogens is 234 g/mol. The predicted molar refractivity (Wildman–Crippen MR) is 80.1 cm³/mol. The van der Waals surface area contributed by atoms with Gasteiger partial charge in [0, 0.05) is 13.1 Å². The van der Waals surface area contributed by atoms with Crippen molar-refractivity contribution in [2.24, 2.45) is 11.8 Å². The number of hydrogen-bond donors (Lipinski definition) is 1. The van der Waals surface area contributed by atoms with Gasteiger partial charge in [0.1, 0.15) is 0 Å². The highest BCUT2D eigenvalue weighted by Gasteiger charge is 2.24. The quantitative estimate of drug-likeness (QED) is 0.878. The minimum Gasteiger partial charge on any atom is -0.388 e. The monoisotopic (exact) mass is 261 g/mol. The van der Waals surface area contributed by atoms with E-state index >= 15 is 0 Å². The van der Waals surface area contributed by atoms with E-state index in [1.807, 2.05) is 12.1 Å². The molecule has 0 radical (unpaired) electrons. The fraction of sp³-hybridized carbons (Fsp3) is 0.647. The fourth-order valence-electron chi connectivity index (χ4n) is 2.87. The summed E-state index contributed by atoms with van der Waals surface area (Å²) in [6, 6.07) is 8.23. The van der Waals surface area contributed by atoms with Gasteiger partial charge in [-0.15, -0.1) is 0 Å². The Hall–Kier alpha value is -0.860. The van der Waals surface area contributed by atoms with Crippen molar-refractivity contribution in [3.05, 3.63) is 35.4 Å². The van der Waals surface area contributed by atoms with E-state index < -0.39 is 0 Å². The molecule has 2 unspecified atom stereocenters. The smallest absolute Gasteiger partial charge is 0.0802 e. The average Bonchev–Trinajstić information content (AvgIpc) is 2.86. The van der Waals surface area contributed by atoms with E-state index in [1.165, 1.54) is 25.1 Å². The molecule has 0 aliphatic carbocycles. The molecule has 19 heavy (non-hydrogen) atoms. The van der Waals surface area contributed by atoms with Crippen molar-refractivity contribution < 1.29 is 5.11 Å². The lowest BCUT2D eigenvalue weighted by molar-refractivity contribution is 0.147. The van der Waals surface area contributed by atoms with Gasteiger partial charge in [-0.3, -0.25) is 0 Å². The van der Waals surface area contributed by atoms with Crippen molar-refractivity contribution >= 4 is 0 Å². The first-order valence-corrected chi connectivity index (χ1v) is 7.53. The molecule has 0 amide bonds. The first-order valence-electron chi connectivity index (χ1n) is 7.53. The van der Waals surface area contributed by atoms with E-state index in [0.29, 0.717) is 0 Å². The van der Waals surface area contributed by atoms with Crippen molar-refractivity contribution in [1.29, 1.82) is 0 Å². The van der Waals surface area contributed by atoms with Gasteiger partial charge in [-0.1, -0.05) is 43.7 Å². The SMILES string of the molecule is Cc1ccc(C(O)CCN2CCC(C(C)C)C2)cc1. The van der Waals surface area contributed by atoms with E-state index in [0.717, 1.165) is 30.4 Å². The van der Waals surface area contributed by atoms with Gasteiger partial charge in [-0.2, -0.15) is 0 Å². The van der Waals surface area contributed by atoms with Crippen molar-refractivity contribution in [2.45, 2.75) is 39.7 Å². The summed E-state index contributed by atoms with van der Waals surface area (Å²) in [5.74, 6) is 1.63. The Kier molecular flexibility index (Phi) is 5.00. The van der Waals surface area contributed by atoms with Crippen LogP contribution in [0.2, 0.25) is 0 Å². The van der Waals surface area contributed by atoms with Crippen LogP contribution in [-0.2, 0) is 0 Å². The third-order valence-corrected chi connectivity index (χ3v) is 4.43. The largest absolute Gasteiger partial charge is 0.388 e. The number of aliphatic hydroxyl groups is 1. The fourth-order valence-corrected chi connectivity index (χ4v) is 2.87. The number of nitrogens with zero attached hydrogens (tertiary/aromatic N) is 1. The molecule has 1 saturated heterocycles. The summed E-state index contributed by atoms with van der Waals surface area (Å²) in [6.45, 7) is 10.1. The van der Waals surface area contributed by atoms with Crippen LogP contribution in [-0.4, -0.2) is 29.6 Å². The molecule has 1 aromatic carbocycles. The van der Waals surface area contributed by atoms with E-state index in [-0.39, 0.29) is 6.10 Å². The highest BCUT2D eigenvalue weighted by molar-refractivity contribution is 5.23. The number of hydrogen-bond acceptors (Lipinski definition) is 2. The molecule has 0 aromatic heterocycles. The Labute approximate surface area is 117 Å². The van der Waals surface area contributed by atoms with Crippen LogP contribution in [0, 0.1) is 18.8 Å². The molecule has 1 aromatic rings. The second-order valence-corrected chi connectivity index (χ2v) is 6.31. The molecule has 2 heteroatoms. The highest BCUT2D eigenvalue weighted by Crippen LogP contribution is 2.25. The third-order valence-electron chi connectivity index (χ3n) is 4.43. The Morgan fingerprint density at radius 3 is 2.53 bits per heavy atom. The first kappa shape index (κ1) is 14.5. The summed E-state index contributed by atoms with van der Waals surface area (Å²) in [4.78, 5) is 2.50. The predicted octanol–water partition coefficient (Wildman–Crippen LogP) is 3.40. The molecular formula is C17H27NO. The van der Waals surface area contributed by atoms with Gasteiger partial charge in [0.2, 0.25) is 0 Å². The maximum Gasteiger partial charge on any atom is 0.0802 e. The molecule has 1 aliphatic heterocycles. The summed E-state index contributed by atoms with van der Waals surface area (Å²) >= 11 is 0. The van der Waals surface area contributed by atoms with Gasteiger partial charge >= 0.3 is 0 Å². The Balaban J connectivity index is 1.78. The maximum atomic E-state index is 10.2. The zero-order valence-electron chi connectivity index (χ0n) is 12.5. The number of likely N-dealkylation sites (tertiary alicyclic amines) is 1. The summed E-state index contributed by atoms with van der Waals surface area (Å²) in [7, 11) is 0. The summed E-state index contributed by atoms with van der Waals surface area (Å²) in [5.41, 5.74) is 2.29. The zero-order valence-corrected chi connectivity index (χ0v) is 12.5. The Bertz CT molecular complexity index is 385. The van der Waals surface area contributed by atoms with E-state index in [1.54, 1.807) is 0 Å². The van der Waals surface area contributed by atoms with Gasteiger partial charge in [0.25, 0.3) is 0 Å². The lowest BCUT2D eigenvalue weighted by Gasteiger charge is -2.19. The maximum absolute atomic E-state index is 10.2. The summed E-state index contributed by atoms with van der Waals surface area (Å²) < 4.78 is 0. The van der Waals surface area contributed by atoms with E-state index in [9.17, 15) is 5.11 Å². The topological polar surface area (TPSA) is 23.5 Å². The van der Waals surface area contributed by atoms with Crippen LogP contribution < -0.4 is 0 Å². The number of aryl methyl sites for hydroxylation is 1. The summed E-state index contributed by atoms with van der Waals surface area (Å²) in [6.07, 6.45) is 1.84. The van der Waals surface area contributed by atoms with Crippen LogP contribution in [0.5, 0.6) is 0 Å². The lowest BCUT2D eigenvalue weighted by Crippen LogP contribution is -2.24. The van der Waals surface area contributed by atoms with Crippen LogP contribution >= 0.6 is 0 Å². The van der Waals surface area contributed by atoms with Crippen LogP contribution in [0.15, 0.2) is 24.3 Å². The van der Waals surface area contributed by atoms with Crippen molar-refractivity contribution in [3.63, 3.8) is 0 Å². The molecule has 2 rings (SSSR count). The minimum absolute atomic E-state index is 0.321. The Morgan fingerprint density at radius 2 is 1.95 bits per heavy atom. The van der Waals surface area contributed by atoms with Gasteiger partial charge in [0.15, 0.2) is 0 Å². The molecule has 2 atom stereocenters. The molecule has 0 saturated carbocycles. The molecule has 2 nitrogen and oxygen atoms in total. The first-order chi connectivity index (χ1) is 9.06.